The summed E-state index contributed by atoms with van der Waals surface area (Å²) in [5.74, 6) is 0.0868. The van der Waals surface area contributed by atoms with Crippen molar-refractivity contribution >= 4 is 39.7 Å². The minimum absolute atomic E-state index is 0.159. The second-order valence-electron chi connectivity index (χ2n) is 5.34. The Morgan fingerprint density at radius 3 is 2.92 bits per heavy atom. The molecule has 2 N–H and O–H groups in total. The molecule has 7 heteroatoms. The Labute approximate surface area is 147 Å². The Morgan fingerprint density at radius 2 is 2.20 bits per heavy atom. The lowest BCUT2D eigenvalue weighted by Crippen LogP contribution is -2.10. The van der Waals surface area contributed by atoms with Gasteiger partial charge in [0.15, 0.2) is 0 Å². The number of aryl methyl sites for hydroxylation is 1. The van der Waals surface area contributed by atoms with E-state index < -0.39 is 5.97 Å². The number of nitrogens with zero attached hydrogens (tertiary/aromatic N) is 1. The molecule has 0 fully saturated rings. The van der Waals surface area contributed by atoms with Crippen LogP contribution in [0.4, 0.5) is 0 Å². The number of ether oxygens (including phenoxy) is 1. The maximum Gasteiger partial charge on any atom is 0.348 e. The number of carbonyl (C=O) groups excluding carboxylic acids is 1. The van der Waals surface area contributed by atoms with E-state index in [1.54, 1.807) is 44.2 Å². The van der Waals surface area contributed by atoms with Gasteiger partial charge in [0.05, 0.1) is 12.0 Å². The molecule has 0 aliphatic heterocycles. The zero-order chi connectivity index (χ0) is 18.0. The Bertz CT molecular complexity index is 1030. The molecule has 2 aromatic heterocycles. The fraction of sp³-hybridized carbons (Fsp3) is 0.167. The van der Waals surface area contributed by atoms with Crippen LogP contribution in [0.5, 0.6) is 5.75 Å². The molecule has 1 aromatic carbocycles. The van der Waals surface area contributed by atoms with Gasteiger partial charge in [-0.15, -0.1) is 11.3 Å². The fourth-order valence-electron chi connectivity index (χ4n) is 2.43. The normalized spacial score (nSPS) is 11.3. The van der Waals surface area contributed by atoms with Crippen molar-refractivity contribution in [3.05, 3.63) is 56.4 Å². The van der Waals surface area contributed by atoms with Gasteiger partial charge in [-0.05, 0) is 43.2 Å². The first-order valence-corrected chi connectivity index (χ1v) is 8.49. The predicted molar refractivity (Wildman–Crippen MR) is 98.0 cm³/mol. The quantitative estimate of drug-likeness (QED) is 0.700. The minimum Gasteiger partial charge on any atom is -0.508 e. The molecule has 2 heterocycles. The van der Waals surface area contributed by atoms with E-state index in [9.17, 15) is 14.7 Å². The predicted octanol–water partition coefficient (Wildman–Crippen LogP) is 3.35. The molecule has 6 nitrogen and oxygen atoms in total. The van der Waals surface area contributed by atoms with E-state index >= 15 is 0 Å². The summed E-state index contributed by atoms with van der Waals surface area (Å²) in [6.07, 6.45) is 3.38. The number of thiophene rings is 1. The van der Waals surface area contributed by atoms with Crippen molar-refractivity contribution < 1.29 is 14.6 Å². The molecule has 3 aromatic rings. The van der Waals surface area contributed by atoms with Gasteiger partial charge in [-0.1, -0.05) is 18.2 Å². The summed E-state index contributed by atoms with van der Waals surface area (Å²) >= 11 is 1.14. The highest BCUT2D eigenvalue weighted by atomic mass is 32.1. The average Bonchev–Trinajstić information content (AvgIpc) is 2.91. The number of H-pyrrole nitrogens is 1. The van der Waals surface area contributed by atoms with Gasteiger partial charge in [0, 0.05) is 0 Å². The van der Waals surface area contributed by atoms with Gasteiger partial charge in [0.2, 0.25) is 0 Å². The Balaban J connectivity index is 2.01. The second kappa shape index (κ2) is 6.90. The number of phenols is 1. The van der Waals surface area contributed by atoms with Crippen molar-refractivity contribution in [3.8, 4) is 5.75 Å². The highest BCUT2D eigenvalue weighted by Crippen LogP contribution is 2.27. The topological polar surface area (TPSA) is 92.3 Å². The van der Waals surface area contributed by atoms with Crippen LogP contribution in [-0.2, 0) is 4.74 Å². The van der Waals surface area contributed by atoms with Crippen LogP contribution in [0.1, 0.15) is 33.5 Å². The summed E-state index contributed by atoms with van der Waals surface area (Å²) in [5, 5.41) is 9.88. The summed E-state index contributed by atoms with van der Waals surface area (Å²) in [5.41, 5.74) is 1.05. The lowest BCUT2D eigenvalue weighted by atomic mass is 10.2. The monoisotopic (exact) mass is 356 g/mol. The van der Waals surface area contributed by atoms with Crippen LogP contribution >= 0.6 is 11.3 Å². The molecule has 0 saturated carbocycles. The highest BCUT2D eigenvalue weighted by Gasteiger charge is 2.19. The smallest absolute Gasteiger partial charge is 0.348 e. The molecule has 25 heavy (non-hydrogen) atoms. The molecule has 128 valence electrons. The van der Waals surface area contributed by atoms with Crippen LogP contribution in [0.2, 0.25) is 0 Å². The van der Waals surface area contributed by atoms with Gasteiger partial charge in [-0.2, -0.15) is 0 Å². The van der Waals surface area contributed by atoms with Gasteiger partial charge in [0.25, 0.3) is 5.56 Å². The number of aromatic hydroxyl groups is 1. The Hall–Kier alpha value is -2.93. The van der Waals surface area contributed by atoms with E-state index in [0.717, 1.165) is 16.9 Å². The third-order valence-corrected chi connectivity index (χ3v) is 4.75. The van der Waals surface area contributed by atoms with E-state index in [-0.39, 0.29) is 17.9 Å². The molecule has 0 saturated heterocycles. The molecular formula is C18H16N2O4S. The molecule has 0 aliphatic rings. The number of rotatable bonds is 4. The SMILES string of the molecule is CCOC(=O)c1sc2nc(C=Cc3cccc(O)c3)[nH]c(=O)c2c1C. The van der Waals surface area contributed by atoms with Crippen molar-refractivity contribution in [1.29, 1.82) is 0 Å². The Morgan fingerprint density at radius 1 is 1.40 bits per heavy atom. The van der Waals surface area contributed by atoms with Crippen molar-refractivity contribution in [2.75, 3.05) is 6.61 Å². The second-order valence-corrected chi connectivity index (χ2v) is 6.34. The molecule has 0 atom stereocenters. The van der Waals surface area contributed by atoms with Crippen LogP contribution < -0.4 is 5.56 Å². The summed E-state index contributed by atoms with van der Waals surface area (Å²) in [6.45, 7) is 3.72. The van der Waals surface area contributed by atoms with Crippen molar-refractivity contribution in [2.45, 2.75) is 13.8 Å². The van der Waals surface area contributed by atoms with Crippen molar-refractivity contribution in [1.82, 2.24) is 9.97 Å². The number of hydrogen-bond donors (Lipinski definition) is 2. The van der Waals surface area contributed by atoms with Crippen LogP contribution in [0.15, 0.2) is 29.1 Å². The minimum atomic E-state index is -0.445. The van der Waals surface area contributed by atoms with Gasteiger partial charge in [-0.3, -0.25) is 4.79 Å². The summed E-state index contributed by atoms with van der Waals surface area (Å²) in [7, 11) is 0. The number of aromatic amines is 1. The van der Waals surface area contributed by atoms with Gasteiger partial charge in [0.1, 0.15) is 21.3 Å². The van der Waals surface area contributed by atoms with Gasteiger partial charge >= 0.3 is 5.97 Å². The largest absolute Gasteiger partial charge is 0.508 e. The summed E-state index contributed by atoms with van der Waals surface area (Å²) < 4.78 is 5.02. The maximum absolute atomic E-state index is 12.4. The molecule has 0 amide bonds. The molecule has 0 bridgehead atoms. The number of esters is 1. The van der Waals surface area contributed by atoms with E-state index in [1.165, 1.54) is 0 Å². The number of hydrogen-bond acceptors (Lipinski definition) is 6. The lowest BCUT2D eigenvalue weighted by molar-refractivity contribution is 0.0531. The van der Waals surface area contributed by atoms with Gasteiger partial charge < -0.3 is 14.8 Å². The van der Waals surface area contributed by atoms with Crippen LogP contribution in [0.25, 0.3) is 22.4 Å². The zero-order valence-corrected chi connectivity index (χ0v) is 14.5. The number of fused-ring (bicyclic) bond motifs is 1. The maximum atomic E-state index is 12.4. The van der Waals surface area contributed by atoms with E-state index in [0.29, 0.717) is 26.5 Å². The van der Waals surface area contributed by atoms with Crippen LogP contribution in [0, 0.1) is 6.92 Å². The molecule has 0 aliphatic carbocycles. The molecule has 3 rings (SSSR count). The fourth-order valence-corrected chi connectivity index (χ4v) is 3.52. The third kappa shape index (κ3) is 3.46. The van der Waals surface area contributed by atoms with Gasteiger partial charge in [-0.25, -0.2) is 9.78 Å². The summed E-state index contributed by atoms with van der Waals surface area (Å²) in [4.78, 5) is 32.3. The van der Waals surface area contributed by atoms with E-state index in [4.69, 9.17) is 4.74 Å². The molecule has 0 unspecified atom stereocenters. The standard InChI is InChI=1S/C18H16N2O4S/c1-3-24-18(23)15-10(2)14-16(22)19-13(20-17(14)25-15)8-7-11-5-4-6-12(21)9-11/h4-9,21H,3H2,1-2H3,(H,19,20,22). The van der Waals surface area contributed by atoms with E-state index in [2.05, 4.69) is 9.97 Å². The molecule has 0 spiro atoms. The Kier molecular flexibility index (Phi) is 4.67. The van der Waals surface area contributed by atoms with E-state index in [1.807, 2.05) is 6.07 Å². The van der Waals surface area contributed by atoms with Crippen molar-refractivity contribution in [3.63, 3.8) is 0 Å². The van der Waals surface area contributed by atoms with Crippen molar-refractivity contribution in [2.24, 2.45) is 0 Å². The first-order valence-electron chi connectivity index (χ1n) is 7.67. The number of aromatic nitrogens is 2. The zero-order valence-electron chi connectivity index (χ0n) is 13.7. The third-order valence-electron chi connectivity index (χ3n) is 3.58. The number of benzene rings is 1. The number of carbonyl (C=O) groups is 1. The lowest BCUT2D eigenvalue weighted by Gasteiger charge is -1.98. The number of nitrogens with one attached hydrogen (secondary N) is 1. The molecule has 0 radical (unpaired) electrons. The average molecular weight is 356 g/mol. The number of phenolic OH excluding ortho intramolecular Hbond substituents is 1. The molecular weight excluding hydrogens is 340 g/mol. The van der Waals surface area contributed by atoms with Crippen LogP contribution in [0.3, 0.4) is 0 Å². The first-order chi connectivity index (χ1) is 12.0. The summed E-state index contributed by atoms with van der Waals surface area (Å²) in [6, 6.07) is 6.72. The highest BCUT2D eigenvalue weighted by molar-refractivity contribution is 7.20. The van der Waals surface area contributed by atoms with Crippen LogP contribution in [-0.4, -0.2) is 27.7 Å². The first kappa shape index (κ1) is 16.9.